The lowest BCUT2D eigenvalue weighted by atomic mass is 9.91. The highest BCUT2D eigenvalue weighted by Crippen LogP contribution is 2.36. The molecular weight excluding hydrogens is 439 g/mol. The predicted octanol–water partition coefficient (Wildman–Crippen LogP) is 5.33. The minimum atomic E-state index is -4.34. The number of hydroxylamine groups is 3. The predicted molar refractivity (Wildman–Crippen MR) is 120 cm³/mol. The van der Waals surface area contributed by atoms with Gasteiger partial charge in [0.1, 0.15) is 5.60 Å². The lowest BCUT2D eigenvalue weighted by Gasteiger charge is -2.36. The average molecular weight is 470 g/mol. The zero-order valence-electron chi connectivity index (χ0n) is 18.0. The number of hydrogen-bond acceptors (Lipinski definition) is 5. The van der Waals surface area contributed by atoms with E-state index in [2.05, 4.69) is 10.8 Å². The first kappa shape index (κ1) is 23.3. The van der Waals surface area contributed by atoms with Crippen molar-refractivity contribution >= 4 is 23.1 Å². The van der Waals surface area contributed by atoms with Crippen LogP contribution >= 0.6 is 12.2 Å². The van der Waals surface area contributed by atoms with Gasteiger partial charge >= 0.3 is 6.18 Å². The molecule has 1 aromatic carbocycles. The molecule has 1 saturated heterocycles. The minimum absolute atomic E-state index is 0.385. The summed E-state index contributed by atoms with van der Waals surface area (Å²) in [7, 11) is 0. The molecule has 2 aliphatic heterocycles. The van der Waals surface area contributed by atoms with E-state index in [1.54, 1.807) is 0 Å². The molecule has 1 aliphatic carbocycles. The van der Waals surface area contributed by atoms with Crippen molar-refractivity contribution in [3.63, 3.8) is 0 Å². The van der Waals surface area contributed by atoms with E-state index in [0.717, 1.165) is 25.0 Å². The van der Waals surface area contributed by atoms with E-state index in [-0.39, 0.29) is 0 Å². The van der Waals surface area contributed by atoms with Crippen molar-refractivity contribution in [1.29, 1.82) is 0 Å². The number of rotatable bonds is 3. The standard InChI is InChI=1S/C23H30F3N3O2S/c24-23(25,26)18-10-8-17(9-11-18)20-16-22(31-28-20)12-14-29(15-13-22)30-21(32)27-19-6-4-2-1-3-5-7-19/h8-11,16,19,28H,1-7,12-15H2,(H,27,32). The van der Waals surface area contributed by atoms with Crippen molar-refractivity contribution in [3.8, 4) is 0 Å². The van der Waals surface area contributed by atoms with E-state index in [1.165, 1.54) is 44.2 Å². The number of hydrogen-bond donors (Lipinski definition) is 2. The molecular formula is C23H30F3N3O2S. The van der Waals surface area contributed by atoms with Gasteiger partial charge in [-0.3, -0.25) is 10.3 Å². The van der Waals surface area contributed by atoms with Gasteiger partial charge in [-0.15, -0.1) is 5.06 Å². The van der Waals surface area contributed by atoms with Gasteiger partial charge < -0.3 is 10.2 Å². The zero-order valence-corrected chi connectivity index (χ0v) is 18.9. The van der Waals surface area contributed by atoms with Crippen molar-refractivity contribution in [2.75, 3.05) is 13.1 Å². The first-order valence-corrected chi connectivity index (χ1v) is 11.8. The van der Waals surface area contributed by atoms with E-state index in [9.17, 15) is 13.2 Å². The third kappa shape index (κ3) is 5.94. The van der Waals surface area contributed by atoms with Gasteiger partial charge in [0.2, 0.25) is 0 Å². The Kier molecular flexibility index (Phi) is 7.27. The molecule has 0 aromatic heterocycles. The van der Waals surface area contributed by atoms with Gasteiger partial charge in [0.05, 0.1) is 11.3 Å². The molecule has 176 valence electrons. The van der Waals surface area contributed by atoms with Gasteiger partial charge in [0, 0.05) is 19.1 Å². The summed E-state index contributed by atoms with van der Waals surface area (Å²) in [6.07, 6.45) is 7.62. The van der Waals surface area contributed by atoms with Crippen LogP contribution in [0.1, 0.15) is 68.9 Å². The molecule has 1 saturated carbocycles. The molecule has 2 heterocycles. The molecule has 2 N–H and O–H groups in total. The van der Waals surface area contributed by atoms with E-state index >= 15 is 0 Å². The second-order valence-electron chi connectivity index (χ2n) is 8.90. The molecule has 1 spiro atoms. The topological polar surface area (TPSA) is 45.8 Å². The van der Waals surface area contributed by atoms with Crippen LogP contribution < -0.4 is 10.8 Å². The highest BCUT2D eigenvalue weighted by molar-refractivity contribution is 7.80. The summed E-state index contributed by atoms with van der Waals surface area (Å²) in [4.78, 5) is 11.7. The van der Waals surface area contributed by atoms with E-state index in [0.29, 0.717) is 48.4 Å². The summed E-state index contributed by atoms with van der Waals surface area (Å²) in [5.74, 6) is 0. The van der Waals surface area contributed by atoms with Crippen molar-refractivity contribution in [2.45, 2.75) is 75.6 Å². The first-order chi connectivity index (χ1) is 15.3. The van der Waals surface area contributed by atoms with Gasteiger partial charge in [-0.25, -0.2) is 0 Å². The monoisotopic (exact) mass is 469 g/mol. The van der Waals surface area contributed by atoms with E-state index in [4.69, 9.17) is 21.9 Å². The van der Waals surface area contributed by atoms with Crippen LogP contribution in [0.25, 0.3) is 5.70 Å². The lowest BCUT2D eigenvalue weighted by Crippen LogP contribution is -2.47. The van der Waals surface area contributed by atoms with Gasteiger partial charge in [0.15, 0.2) is 0 Å². The number of halogens is 3. The zero-order chi connectivity index (χ0) is 22.6. The fourth-order valence-electron chi connectivity index (χ4n) is 4.57. The fraction of sp³-hybridized carbons (Fsp3) is 0.609. The second-order valence-corrected chi connectivity index (χ2v) is 9.27. The van der Waals surface area contributed by atoms with Crippen LogP contribution in [0.5, 0.6) is 0 Å². The maximum atomic E-state index is 12.8. The van der Waals surface area contributed by atoms with Crippen LogP contribution in [0.2, 0.25) is 0 Å². The quantitative estimate of drug-likeness (QED) is 0.583. The van der Waals surface area contributed by atoms with Crippen molar-refractivity contribution in [3.05, 3.63) is 41.5 Å². The Bertz CT molecular complexity index is 813. The Hall–Kier alpha value is -1.84. The third-order valence-electron chi connectivity index (χ3n) is 6.50. The summed E-state index contributed by atoms with van der Waals surface area (Å²) in [5, 5.41) is 5.66. The van der Waals surface area contributed by atoms with Crippen molar-refractivity contribution in [1.82, 2.24) is 15.9 Å². The smallest absolute Gasteiger partial charge is 0.376 e. The number of thiocarbonyl (C=S) groups is 1. The van der Waals surface area contributed by atoms with Crippen LogP contribution in [0, 0.1) is 0 Å². The Morgan fingerprint density at radius 2 is 1.69 bits per heavy atom. The van der Waals surface area contributed by atoms with Gasteiger partial charge in [-0.05, 0) is 61.7 Å². The van der Waals surface area contributed by atoms with Crippen molar-refractivity contribution in [2.24, 2.45) is 0 Å². The van der Waals surface area contributed by atoms with Crippen LogP contribution in [0.4, 0.5) is 13.2 Å². The molecule has 0 radical (unpaired) electrons. The molecule has 5 nitrogen and oxygen atoms in total. The number of nitrogens with one attached hydrogen (secondary N) is 2. The summed E-state index contributed by atoms with van der Waals surface area (Å²) in [6, 6.07) is 5.48. The fourth-order valence-corrected chi connectivity index (χ4v) is 4.84. The molecule has 0 amide bonds. The minimum Gasteiger partial charge on any atom is -0.376 e. The SMILES string of the molecule is FC(F)(F)c1ccc(C2=CC3(CCN(OC(=S)NC4CCCCCCC4)CC3)ON2)cc1. The number of benzene rings is 1. The molecule has 0 bridgehead atoms. The molecule has 0 atom stereocenters. The second kappa shape index (κ2) is 9.97. The Morgan fingerprint density at radius 1 is 1.06 bits per heavy atom. The maximum Gasteiger partial charge on any atom is 0.416 e. The molecule has 32 heavy (non-hydrogen) atoms. The van der Waals surface area contributed by atoms with Crippen LogP contribution in [-0.4, -0.2) is 35.0 Å². The molecule has 4 rings (SSSR count). The van der Waals surface area contributed by atoms with Gasteiger partial charge in [-0.2, -0.15) is 13.2 Å². The van der Waals surface area contributed by atoms with Crippen LogP contribution in [0.15, 0.2) is 30.3 Å². The maximum absolute atomic E-state index is 12.8. The van der Waals surface area contributed by atoms with Gasteiger partial charge in [-0.1, -0.05) is 44.2 Å². The highest BCUT2D eigenvalue weighted by Gasteiger charge is 2.40. The van der Waals surface area contributed by atoms with Gasteiger partial charge in [0.25, 0.3) is 5.17 Å². The Labute approximate surface area is 192 Å². The molecule has 1 aromatic rings. The Morgan fingerprint density at radius 3 is 2.31 bits per heavy atom. The largest absolute Gasteiger partial charge is 0.416 e. The molecule has 0 unspecified atom stereocenters. The summed E-state index contributed by atoms with van der Waals surface area (Å²) in [6.45, 7) is 1.29. The molecule has 3 aliphatic rings. The summed E-state index contributed by atoms with van der Waals surface area (Å²) in [5.41, 5.74) is 3.09. The summed E-state index contributed by atoms with van der Waals surface area (Å²) >= 11 is 5.43. The lowest BCUT2D eigenvalue weighted by molar-refractivity contribution is -0.144. The van der Waals surface area contributed by atoms with Crippen LogP contribution in [-0.2, 0) is 15.9 Å². The third-order valence-corrected chi connectivity index (χ3v) is 6.70. The highest BCUT2D eigenvalue weighted by atomic mass is 32.1. The van der Waals surface area contributed by atoms with Crippen LogP contribution in [0.3, 0.4) is 0 Å². The normalized spacial score (nSPS) is 22.5. The Balaban J connectivity index is 1.27. The van der Waals surface area contributed by atoms with Crippen molar-refractivity contribution < 1.29 is 22.8 Å². The van der Waals surface area contributed by atoms with E-state index in [1.807, 2.05) is 11.1 Å². The molecule has 9 heteroatoms. The van der Waals surface area contributed by atoms with E-state index < -0.39 is 17.3 Å². The average Bonchev–Trinajstić information content (AvgIpc) is 3.15. The first-order valence-electron chi connectivity index (χ1n) is 11.4. The molecule has 2 fully saturated rings. The number of nitrogens with zero attached hydrogens (tertiary/aromatic N) is 1. The number of alkyl halides is 3. The summed E-state index contributed by atoms with van der Waals surface area (Å²) < 4.78 is 38.4. The number of piperidine rings is 1.